The lowest BCUT2D eigenvalue weighted by Gasteiger charge is -2.17. The summed E-state index contributed by atoms with van der Waals surface area (Å²) in [5, 5.41) is 7.77. The summed E-state index contributed by atoms with van der Waals surface area (Å²) in [6.07, 6.45) is 6.45. The summed E-state index contributed by atoms with van der Waals surface area (Å²) in [4.78, 5) is 8.74. The Bertz CT molecular complexity index is 494. The van der Waals surface area contributed by atoms with E-state index in [9.17, 15) is 0 Å². The van der Waals surface area contributed by atoms with Crippen molar-refractivity contribution in [1.82, 2.24) is 25.1 Å². The summed E-state index contributed by atoms with van der Waals surface area (Å²) in [7, 11) is 0. The molecule has 0 saturated heterocycles. The molecule has 1 atom stereocenters. The molecule has 2 heterocycles. The molecule has 0 aliphatic rings. The maximum atomic E-state index is 4.38. The van der Waals surface area contributed by atoms with Gasteiger partial charge in [0.1, 0.15) is 12.2 Å². The lowest BCUT2D eigenvalue weighted by molar-refractivity contribution is 0.464. The Morgan fingerprint density at radius 3 is 2.85 bits per heavy atom. The third-order valence-electron chi connectivity index (χ3n) is 3.39. The Kier molecular flexibility index (Phi) is 5.68. The average Bonchev–Trinajstić information content (AvgIpc) is 2.93. The van der Waals surface area contributed by atoms with Crippen molar-refractivity contribution in [3.8, 4) is 0 Å². The molecule has 0 bridgehead atoms. The first kappa shape index (κ1) is 14.7. The van der Waals surface area contributed by atoms with Crippen LogP contribution in [0.1, 0.15) is 31.8 Å². The standard InChI is InChI=1S/C15H23N5/c1-3-16-14(9-8-13-7-5-6-10-17-13)11-15-18-12-19-20(15)4-2/h5-7,10,12,14,16H,3-4,8-9,11H2,1-2H3. The van der Waals surface area contributed by atoms with Crippen LogP contribution in [0.5, 0.6) is 0 Å². The van der Waals surface area contributed by atoms with Crippen molar-refractivity contribution in [2.24, 2.45) is 0 Å². The monoisotopic (exact) mass is 273 g/mol. The van der Waals surface area contributed by atoms with Crippen molar-refractivity contribution in [1.29, 1.82) is 0 Å². The zero-order chi connectivity index (χ0) is 14.2. The van der Waals surface area contributed by atoms with Crippen molar-refractivity contribution in [3.63, 3.8) is 0 Å². The van der Waals surface area contributed by atoms with Gasteiger partial charge >= 0.3 is 0 Å². The second-order valence-corrected chi connectivity index (χ2v) is 4.81. The van der Waals surface area contributed by atoms with Gasteiger partial charge in [-0.25, -0.2) is 4.98 Å². The fourth-order valence-corrected chi connectivity index (χ4v) is 2.36. The second kappa shape index (κ2) is 7.75. The highest BCUT2D eigenvalue weighted by atomic mass is 15.3. The number of nitrogens with zero attached hydrogens (tertiary/aromatic N) is 4. The smallest absolute Gasteiger partial charge is 0.138 e. The number of hydrogen-bond acceptors (Lipinski definition) is 4. The molecule has 0 aliphatic heterocycles. The first-order valence-corrected chi connectivity index (χ1v) is 7.33. The summed E-state index contributed by atoms with van der Waals surface area (Å²) in [6, 6.07) is 6.49. The van der Waals surface area contributed by atoms with Gasteiger partial charge in [-0.2, -0.15) is 5.10 Å². The number of rotatable bonds is 8. The Hall–Kier alpha value is -1.75. The van der Waals surface area contributed by atoms with Gasteiger partial charge in [0.15, 0.2) is 0 Å². The molecule has 5 heteroatoms. The van der Waals surface area contributed by atoms with Gasteiger partial charge in [-0.15, -0.1) is 0 Å². The van der Waals surface area contributed by atoms with Crippen molar-refractivity contribution in [2.45, 2.75) is 45.7 Å². The Morgan fingerprint density at radius 2 is 2.15 bits per heavy atom. The normalized spacial score (nSPS) is 12.5. The molecule has 2 aromatic rings. The zero-order valence-electron chi connectivity index (χ0n) is 12.3. The van der Waals surface area contributed by atoms with Crippen LogP contribution in [0.2, 0.25) is 0 Å². The second-order valence-electron chi connectivity index (χ2n) is 4.81. The molecule has 0 saturated carbocycles. The summed E-state index contributed by atoms with van der Waals surface area (Å²) in [6.45, 7) is 6.06. The quantitative estimate of drug-likeness (QED) is 0.797. The van der Waals surface area contributed by atoms with E-state index in [0.717, 1.165) is 43.9 Å². The fourth-order valence-electron chi connectivity index (χ4n) is 2.36. The van der Waals surface area contributed by atoms with E-state index in [1.165, 1.54) is 0 Å². The molecule has 0 aliphatic carbocycles. The van der Waals surface area contributed by atoms with Gasteiger partial charge in [0.25, 0.3) is 0 Å². The molecule has 0 spiro atoms. The molecule has 1 N–H and O–H groups in total. The molecule has 0 amide bonds. The van der Waals surface area contributed by atoms with Crippen LogP contribution in [-0.2, 0) is 19.4 Å². The number of nitrogens with one attached hydrogen (secondary N) is 1. The highest BCUT2D eigenvalue weighted by Gasteiger charge is 2.13. The third kappa shape index (κ3) is 4.13. The van der Waals surface area contributed by atoms with Crippen LogP contribution in [0.3, 0.4) is 0 Å². The number of hydrogen-bond donors (Lipinski definition) is 1. The van der Waals surface area contributed by atoms with E-state index >= 15 is 0 Å². The van der Waals surface area contributed by atoms with Crippen molar-refractivity contribution >= 4 is 0 Å². The van der Waals surface area contributed by atoms with E-state index in [-0.39, 0.29) is 0 Å². The van der Waals surface area contributed by atoms with Crippen LogP contribution in [0.15, 0.2) is 30.7 Å². The molecule has 2 aromatic heterocycles. The van der Waals surface area contributed by atoms with Crippen molar-refractivity contribution < 1.29 is 0 Å². The minimum Gasteiger partial charge on any atom is -0.314 e. The number of pyridine rings is 1. The molecule has 0 aromatic carbocycles. The van der Waals surface area contributed by atoms with Crippen LogP contribution < -0.4 is 5.32 Å². The van der Waals surface area contributed by atoms with E-state index in [4.69, 9.17) is 0 Å². The topological polar surface area (TPSA) is 55.6 Å². The van der Waals surface area contributed by atoms with Gasteiger partial charge in [0, 0.05) is 30.9 Å². The molecular weight excluding hydrogens is 250 g/mol. The Labute approximate surface area is 120 Å². The molecule has 2 rings (SSSR count). The summed E-state index contributed by atoms with van der Waals surface area (Å²) >= 11 is 0. The molecule has 0 fully saturated rings. The lowest BCUT2D eigenvalue weighted by atomic mass is 10.1. The molecule has 1 unspecified atom stereocenters. The van der Waals surface area contributed by atoms with Gasteiger partial charge in [-0.05, 0) is 38.4 Å². The van der Waals surface area contributed by atoms with E-state index in [1.54, 1.807) is 6.33 Å². The first-order valence-electron chi connectivity index (χ1n) is 7.33. The summed E-state index contributed by atoms with van der Waals surface area (Å²) < 4.78 is 1.96. The van der Waals surface area contributed by atoms with Crippen molar-refractivity contribution in [2.75, 3.05) is 6.54 Å². The Balaban J connectivity index is 1.93. The first-order chi connectivity index (χ1) is 9.83. The molecule has 5 nitrogen and oxygen atoms in total. The third-order valence-corrected chi connectivity index (χ3v) is 3.39. The maximum absolute atomic E-state index is 4.38. The number of likely N-dealkylation sites (N-methyl/N-ethyl adjacent to an activating group) is 1. The molecule has 0 radical (unpaired) electrons. The van der Waals surface area contributed by atoms with Crippen LogP contribution in [0, 0.1) is 0 Å². The minimum atomic E-state index is 0.413. The largest absolute Gasteiger partial charge is 0.314 e. The van der Waals surface area contributed by atoms with Crippen LogP contribution in [0.25, 0.3) is 0 Å². The predicted octanol–water partition coefficient (Wildman–Crippen LogP) is 1.85. The van der Waals surface area contributed by atoms with Crippen molar-refractivity contribution in [3.05, 3.63) is 42.2 Å². The lowest BCUT2D eigenvalue weighted by Crippen LogP contribution is -2.32. The van der Waals surface area contributed by atoms with Crippen LogP contribution in [-0.4, -0.2) is 32.3 Å². The molecular formula is C15H23N5. The van der Waals surface area contributed by atoms with E-state index in [2.05, 4.69) is 40.3 Å². The average molecular weight is 273 g/mol. The summed E-state index contributed by atoms with van der Waals surface area (Å²) in [5.74, 6) is 1.06. The highest BCUT2D eigenvalue weighted by molar-refractivity contribution is 5.04. The SMILES string of the molecule is CCNC(CCc1ccccn1)Cc1ncnn1CC. The zero-order valence-corrected chi connectivity index (χ0v) is 12.3. The van der Waals surface area contributed by atoms with Gasteiger partial charge in [0.05, 0.1) is 0 Å². The minimum absolute atomic E-state index is 0.413. The predicted molar refractivity (Wildman–Crippen MR) is 79.4 cm³/mol. The number of aromatic nitrogens is 4. The van der Waals surface area contributed by atoms with Crippen LogP contribution >= 0.6 is 0 Å². The van der Waals surface area contributed by atoms with E-state index in [1.807, 2.05) is 23.0 Å². The molecule has 20 heavy (non-hydrogen) atoms. The van der Waals surface area contributed by atoms with Gasteiger partial charge < -0.3 is 5.32 Å². The van der Waals surface area contributed by atoms with Gasteiger partial charge in [-0.3, -0.25) is 9.67 Å². The highest BCUT2D eigenvalue weighted by Crippen LogP contribution is 2.07. The fraction of sp³-hybridized carbons (Fsp3) is 0.533. The van der Waals surface area contributed by atoms with E-state index < -0.39 is 0 Å². The van der Waals surface area contributed by atoms with Gasteiger partial charge in [-0.1, -0.05) is 13.0 Å². The maximum Gasteiger partial charge on any atom is 0.138 e. The van der Waals surface area contributed by atoms with Gasteiger partial charge in [0.2, 0.25) is 0 Å². The number of aryl methyl sites for hydroxylation is 2. The Morgan fingerprint density at radius 1 is 1.25 bits per heavy atom. The van der Waals surface area contributed by atoms with E-state index in [0.29, 0.717) is 6.04 Å². The van der Waals surface area contributed by atoms with Crippen LogP contribution in [0.4, 0.5) is 0 Å². The molecule has 108 valence electrons. The summed E-state index contributed by atoms with van der Waals surface area (Å²) in [5.41, 5.74) is 1.15.